The van der Waals surface area contributed by atoms with Gasteiger partial charge in [0.05, 0.1) is 21.8 Å². The smallest absolute Gasteiger partial charge is 0.268 e. The van der Waals surface area contributed by atoms with Crippen molar-refractivity contribution in [3.05, 3.63) is 186 Å². The summed E-state index contributed by atoms with van der Waals surface area (Å²) in [6.07, 6.45) is 0. The van der Waals surface area contributed by atoms with Crippen molar-refractivity contribution in [1.82, 2.24) is 3.97 Å². The minimum Gasteiger partial charge on any atom is -0.313 e. The van der Waals surface area contributed by atoms with Crippen LogP contribution < -0.4 is 10.6 Å². The maximum Gasteiger partial charge on any atom is 0.268 e. The summed E-state index contributed by atoms with van der Waals surface area (Å²) in [6.45, 7) is 1.92. The Balaban J connectivity index is 1.73. The Labute approximate surface area is 280 Å². The lowest BCUT2D eigenvalue weighted by molar-refractivity contribution is 0.579. The first-order valence-corrected chi connectivity index (χ1v) is 18.9. The van der Waals surface area contributed by atoms with Gasteiger partial charge in [0, 0.05) is 26.6 Å². The number of aryl methyl sites for hydroxylation is 1. The summed E-state index contributed by atoms with van der Waals surface area (Å²) in [7, 11) is -8.01. The molecular formula is C40H31ClNO3PS. The Morgan fingerprint density at radius 1 is 0.617 bits per heavy atom. The Morgan fingerprint density at radius 3 is 1.72 bits per heavy atom. The molecule has 0 bridgehead atoms. The molecule has 7 aromatic rings. The Bertz CT molecular complexity index is 2310. The van der Waals surface area contributed by atoms with Gasteiger partial charge in [-0.2, -0.15) is 0 Å². The molecule has 7 heteroatoms. The number of hydrogen-bond acceptors (Lipinski definition) is 3. The van der Waals surface area contributed by atoms with E-state index in [9.17, 15) is 0 Å². The number of rotatable bonds is 8. The lowest BCUT2D eigenvalue weighted by Gasteiger charge is -2.32. The minimum absolute atomic E-state index is 0.136. The third kappa shape index (κ3) is 5.35. The van der Waals surface area contributed by atoms with Gasteiger partial charge in [-0.15, -0.1) is 0 Å². The highest BCUT2D eigenvalue weighted by atomic mass is 35.5. The molecule has 1 unspecified atom stereocenters. The predicted molar refractivity (Wildman–Crippen MR) is 194 cm³/mol. The maximum absolute atomic E-state index is 16.5. The molecular weight excluding hydrogens is 641 g/mol. The zero-order chi connectivity index (χ0) is 32.6. The van der Waals surface area contributed by atoms with Crippen molar-refractivity contribution in [2.45, 2.75) is 17.5 Å². The fourth-order valence-electron chi connectivity index (χ4n) is 6.42. The quantitative estimate of drug-likeness (QED) is 0.151. The monoisotopic (exact) mass is 671 g/mol. The van der Waals surface area contributed by atoms with Crippen LogP contribution in [0.25, 0.3) is 22.0 Å². The fraction of sp³-hybridized carbons (Fsp3) is 0.0500. The molecule has 0 fully saturated rings. The van der Waals surface area contributed by atoms with Crippen molar-refractivity contribution in [2.75, 3.05) is 0 Å². The average molecular weight is 672 g/mol. The van der Waals surface area contributed by atoms with Crippen molar-refractivity contribution >= 4 is 50.3 Å². The van der Waals surface area contributed by atoms with Crippen LogP contribution in [0, 0.1) is 6.92 Å². The second-order valence-electron chi connectivity index (χ2n) is 11.5. The summed E-state index contributed by atoms with van der Waals surface area (Å²) in [6, 6.07) is 50.1. The molecule has 0 aliphatic carbocycles. The van der Waals surface area contributed by atoms with Gasteiger partial charge in [-0.25, -0.2) is 12.4 Å². The number of benzene rings is 6. The van der Waals surface area contributed by atoms with E-state index in [2.05, 4.69) is 0 Å². The van der Waals surface area contributed by atoms with Crippen LogP contribution in [0.2, 0.25) is 5.02 Å². The first-order chi connectivity index (χ1) is 22.8. The zero-order valence-corrected chi connectivity index (χ0v) is 28.0. The van der Waals surface area contributed by atoms with Gasteiger partial charge in [0.25, 0.3) is 10.0 Å². The van der Waals surface area contributed by atoms with Crippen LogP contribution in [-0.2, 0) is 14.6 Å². The lowest BCUT2D eigenvalue weighted by atomic mass is 9.98. The molecule has 0 amide bonds. The topological polar surface area (TPSA) is 56.1 Å². The SMILES string of the molecule is Cc1ccc(S(=O)(=O)n2c(C(c3ccccc3Cl)P(=O)(c3ccccc3)c3ccccc3)c(-c3ccccc3)c3ccccc32)cc1. The summed E-state index contributed by atoms with van der Waals surface area (Å²) in [5.74, 6) is 0. The second kappa shape index (κ2) is 12.5. The molecule has 4 nitrogen and oxygen atoms in total. The molecule has 47 heavy (non-hydrogen) atoms. The lowest BCUT2D eigenvalue weighted by Crippen LogP contribution is -2.26. The van der Waals surface area contributed by atoms with Gasteiger partial charge in [-0.05, 0) is 42.3 Å². The highest BCUT2D eigenvalue weighted by molar-refractivity contribution is 7.90. The maximum atomic E-state index is 16.5. The molecule has 0 N–H and O–H groups in total. The molecule has 0 aliphatic rings. The third-order valence-corrected chi connectivity index (χ3v) is 14.1. The second-order valence-corrected chi connectivity index (χ2v) is 16.5. The van der Waals surface area contributed by atoms with Crippen molar-refractivity contribution in [2.24, 2.45) is 0 Å². The van der Waals surface area contributed by atoms with E-state index >= 15 is 13.0 Å². The number of nitrogens with zero attached hydrogens (tertiary/aromatic N) is 1. The average Bonchev–Trinajstić information content (AvgIpc) is 3.46. The van der Waals surface area contributed by atoms with E-state index in [1.54, 1.807) is 30.3 Å². The van der Waals surface area contributed by atoms with Gasteiger partial charge < -0.3 is 4.57 Å². The van der Waals surface area contributed by atoms with Gasteiger partial charge in [0.1, 0.15) is 0 Å². The van der Waals surface area contributed by atoms with E-state index in [0.29, 0.717) is 38.0 Å². The number of fused-ring (bicyclic) bond motifs is 1. The van der Waals surface area contributed by atoms with Crippen molar-refractivity contribution in [1.29, 1.82) is 0 Å². The van der Waals surface area contributed by atoms with Crippen LogP contribution in [0.3, 0.4) is 0 Å². The Kier molecular flexibility index (Phi) is 8.23. The normalized spacial score (nSPS) is 12.6. The summed E-state index contributed by atoms with van der Waals surface area (Å²) < 4.78 is 48.1. The Morgan fingerprint density at radius 2 is 1.13 bits per heavy atom. The van der Waals surface area contributed by atoms with Crippen LogP contribution >= 0.6 is 18.7 Å². The van der Waals surface area contributed by atoms with Gasteiger partial charge >= 0.3 is 0 Å². The highest BCUT2D eigenvalue weighted by Gasteiger charge is 2.45. The van der Waals surface area contributed by atoms with Crippen molar-refractivity contribution < 1.29 is 13.0 Å². The molecule has 1 atom stereocenters. The number of para-hydroxylation sites is 1. The zero-order valence-electron chi connectivity index (χ0n) is 25.6. The molecule has 0 saturated heterocycles. The highest BCUT2D eigenvalue weighted by Crippen LogP contribution is 2.63. The molecule has 1 aromatic heterocycles. The van der Waals surface area contributed by atoms with E-state index in [0.717, 1.165) is 16.5 Å². The van der Waals surface area contributed by atoms with E-state index in [1.165, 1.54) is 3.97 Å². The summed E-state index contributed by atoms with van der Waals surface area (Å²) in [5, 5.41) is 2.32. The molecule has 0 aliphatic heterocycles. The first-order valence-electron chi connectivity index (χ1n) is 15.3. The van der Waals surface area contributed by atoms with Crippen LogP contribution in [0.1, 0.15) is 22.5 Å². The number of aromatic nitrogens is 1. The summed E-state index contributed by atoms with van der Waals surface area (Å²) >= 11 is 7.07. The van der Waals surface area contributed by atoms with E-state index in [1.807, 2.05) is 140 Å². The molecule has 6 aromatic carbocycles. The molecule has 232 valence electrons. The molecule has 0 radical (unpaired) electrons. The fourth-order valence-corrected chi connectivity index (χ4v) is 11.7. The van der Waals surface area contributed by atoms with Crippen molar-refractivity contribution in [3.8, 4) is 11.1 Å². The third-order valence-electron chi connectivity index (χ3n) is 8.59. The van der Waals surface area contributed by atoms with Crippen LogP contribution in [0.4, 0.5) is 0 Å². The largest absolute Gasteiger partial charge is 0.313 e. The van der Waals surface area contributed by atoms with Crippen LogP contribution in [-0.4, -0.2) is 12.4 Å². The van der Waals surface area contributed by atoms with Crippen molar-refractivity contribution in [3.63, 3.8) is 0 Å². The first kappa shape index (κ1) is 31.0. The number of halogens is 1. The van der Waals surface area contributed by atoms with Gasteiger partial charge in [0.15, 0.2) is 7.14 Å². The van der Waals surface area contributed by atoms with E-state index in [-0.39, 0.29) is 4.90 Å². The van der Waals surface area contributed by atoms with Gasteiger partial charge in [0.2, 0.25) is 0 Å². The summed E-state index contributed by atoms with van der Waals surface area (Å²) in [4.78, 5) is 0.136. The van der Waals surface area contributed by atoms with Crippen LogP contribution in [0.15, 0.2) is 169 Å². The molecule has 0 saturated carbocycles. The van der Waals surface area contributed by atoms with E-state index < -0.39 is 22.8 Å². The summed E-state index contributed by atoms with van der Waals surface area (Å²) in [5.41, 5.74) is 2.90. The molecule has 7 rings (SSSR count). The number of hydrogen-bond donors (Lipinski definition) is 0. The standard InChI is InChI=1S/C40H31ClNO3PS/c1-29-25-27-33(28-26-29)47(44,45)42-37-24-14-12-22-35(37)38(30-15-5-2-6-16-30)39(42)40(34-21-11-13-23-36(34)41)46(43,31-17-7-3-8-18-31)32-19-9-4-10-20-32/h2-28,40H,1H3. The predicted octanol–water partition coefficient (Wildman–Crippen LogP) is 9.61. The Hall–Kier alpha value is -4.67. The molecule has 0 spiro atoms. The molecule has 1 heterocycles. The van der Waals surface area contributed by atoms with Gasteiger partial charge in [-0.1, -0.05) is 157 Å². The van der Waals surface area contributed by atoms with E-state index in [4.69, 9.17) is 11.6 Å². The minimum atomic E-state index is -4.24. The van der Waals surface area contributed by atoms with Crippen LogP contribution in [0.5, 0.6) is 0 Å². The van der Waals surface area contributed by atoms with Gasteiger partial charge in [-0.3, -0.25) is 0 Å².